The van der Waals surface area contributed by atoms with Crippen LogP contribution < -0.4 is 10.2 Å². The van der Waals surface area contributed by atoms with Crippen molar-refractivity contribution in [3.63, 3.8) is 0 Å². The summed E-state index contributed by atoms with van der Waals surface area (Å²) >= 11 is 0. The van der Waals surface area contributed by atoms with Crippen LogP contribution in [0, 0.1) is 26.7 Å². The molecule has 0 bridgehead atoms. The molecule has 1 aliphatic rings. The quantitative estimate of drug-likeness (QED) is 0.787. The largest absolute Gasteiger partial charge is 0.452 e. The number of amides is 2. The molecule has 0 radical (unpaired) electrons. The van der Waals surface area contributed by atoms with Crippen LogP contribution in [0.1, 0.15) is 30.0 Å². The van der Waals surface area contributed by atoms with Gasteiger partial charge < -0.3 is 15.0 Å². The van der Waals surface area contributed by atoms with Crippen molar-refractivity contribution >= 4 is 29.2 Å². The van der Waals surface area contributed by atoms with E-state index in [0.717, 1.165) is 22.4 Å². The molecule has 152 valence electrons. The molecule has 1 heterocycles. The minimum absolute atomic E-state index is 0.0819. The van der Waals surface area contributed by atoms with Gasteiger partial charge in [-0.1, -0.05) is 29.8 Å². The van der Waals surface area contributed by atoms with Crippen LogP contribution in [0.2, 0.25) is 0 Å². The lowest BCUT2D eigenvalue weighted by Crippen LogP contribution is -2.33. The van der Waals surface area contributed by atoms with Crippen LogP contribution in [0.15, 0.2) is 42.5 Å². The number of nitrogens with zero attached hydrogens (tertiary/aromatic N) is 1. The van der Waals surface area contributed by atoms with Gasteiger partial charge in [-0.15, -0.1) is 0 Å². The van der Waals surface area contributed by atoms with E-state index in [9.17, 15) is 14.4 Å². The summed E-state index contributed by atoms with van der Waals surface area (Å²) in [6.07, 6.45) is -0.868. The Morgan fingerprint density at radius 1 is 1.10 bits per heavy atom. The van der Waals surface area contributed by atoms with E-state index in [2.05, 4.69) is 5.32 Å². The summed E-state index contributed by atoms with van der Waals surface area (Å²) in [5.41, 5.74) is 4.64. The molecule has 0 spiro atoms. The second-order valence-corrected chi connectivity index (χ2v) is 7.56. The van der Waals surface area contributed by atoms with Gasteiger partial charge >= 0.3 is 5.97 Å². The topological polar surface area (TPSA) is 75.7 Å². The summed E-state index contributed by atoms with van der Waals surface area (Å²) in [5, 5.41) is 2.73. The molecule has 0 aliphatic carbocycles. The number of esters is 1. The average molecular weight is 394 g/mol. The Balaban J connectivity index is 1.60. The van der Waals surface area contributed by atoms with Gasteiger partial charge in [-0.05, 0) is 57.0 Å². The highest BCUT2D eigenvalue weighted by atomic mass is 16.5. The van der Waals surface area contributed by atoms with E-state index in [0.29, 0.717) is 5.69 Å². The lowest BCUT2D eigenvalue weighted by Gasteiger charge is -2.20. The fourth-order valence-electron chi connectivity index (χ4n) is 3.33. The van der Waals surface area contributed by atoms with Crippen molar-refractivity contribution < 1.29 is 19.1 Å². The first-order valence-corrected chi connectivity index (χ1v) is 9.71. The summed E-state index contributed by atoms with van der Waals surface area (Å²) < 4.78 is 5.35. The zero-order valence-electron chi connectivity index (χ0n) is 17.2. The van der Waals surface area contributed by atoms with E-state index in [1.54, 1.807) is 17.0 Å². The number of aryl methyl sites for hydroxylation is 2. The Morgan fingerprint density at radius 3 is 2.48 bits per heavy atom. The first kappa shape index (κ1) is 20.6. The van der Waals surface area contributed by atoms with E-state index in [1.807, 2.05) is 51.1 Å². The van der Waals surface area contributed by atoms with Gasteiger partial charge in [-0.3, -0.25) is 14.4 Å². The van der Waals surface area contributed by atoms with Gasteiger partial charge in [0.05, 0.1) is 5.92 Å². The Morgan fingerprint density at radius 2 is 1.79 bits per heavy atom. The predicted octanol–water partition coefficient (Wildman–Crippen LogP) is 3.54. The number of nitrogens with one attached hydrogen (secondary N) is 1. The third kappa shape index (κ3) is 4.65. The van der Waals surface area contributed by atoms with Crippen molar-refractivity contribution in [2.24, 2.45) is 5.92 Å². The minimum atomic E-state index is -0.950. The molecule has 6 nitrogen and oxygen atoms in total. The molecule has 1 aliphatic heterocycles. The van der Waals surface area contributed by atoms with Crippen LogP contribution in [0.4, 0.5) is 11.4 Å². The number of rotatable bonds is 5. The SMILES string of the molecule is Cc1ccc(NC(=O)[C@@H](C)OC(=O)[C@H]2CC(=O)N(c3cccc(C)c3C)C2)cc1. The molecule has 2 aromatic rings. The third-order valence-corrected chi connectivity index (χ3v) is 5.31. The minimum Gasteiger partial charge on any atom is -0.452 e. The molecule has 0 unspecified atom stereocenters. The second-order valence-electron chi connectivity index (χ2n) is 7.56. The maximum Gasteiger partial charge on any atom is 0.312 e. The molecule has 0 saturated carbocycles. The van der Waals surface area contributed by atoms with Crippen LogP contribution in [0.25, 0.3) is 0 Å². The Kier molecular flexibility index (Phi) is 6.01. The average Bonchev–Trinajstić information content (AvgIpc) is 3.07. The van der Waals surface area contributed by atoms with Gasteiger partial charge in [0.1, 0.15) is 0 Å². The number of anilines is 2. The van der Waals surface area contributed by atoms with Crippen molar-refractivity contribution in [2.45, 2.75) is 40.2 Å². The van der Waals surface area contributed by atoms with E-state index >= 15 is 0 Å². The van der Waals surface area contributed by atoms with E-state index in [-0.39, 0.29) is 18.9 Å². The fraction of sp³-hybridized carbons (Fsp3) is 0.348. The molecule has 2 amide bonds. The highest BCUT2D eigenvalue weighted by Gasteiger charge is 2.37. The summed E-state index contributed by atoms with van der Waals surface area (Å²) in [6, 6.07) is 13.1. The third-order valence-electron chi connectivity index (χ3n) is 5.31. The summed E-state index contributed by atoms with van der Waals surface area (Å²) in [7, 11) is 0. The lowest BCUT2D eigenvalue weighted by atomic mass is 10.1. The van der Waals surface area contributed by atoms with Gasteiger partial charge in [0, 0.05) is 24.3 Å². The second kappa shape index (κ2) is 8.47. The number of hydrogen-bond acceptors (Lipinski definition) is 4. The first-order valence-electron chi connectivity index (χ1n) is 9.71. The van der Waals surface area contributed by atoms with Gasteiger partial charge in [0.25, 0.3) is 5.91 Å². The number of benzene rings is 2. The predicted molar refractivity (Wildman–Crippen MR) is 112 cm³/mol. The Labute approximate surface area is 170 Å². The van der Waals surface area contributed by atoms with E-state index in [1.165, 1.54) is 6.92 Å². The fourth-order valence-corrected chi connectivity index (χ4v) is 3.33. The van der Waals surface area contributed by atoms with E-state index < -0.39 is 23.9 Å². The molecule has 6 heteroatoms. The standard InChI is InChI=1S/C23H26N2O4/c1-14-8-10-19(11-9-14)24-22(27)17(4)29-23(28)18-12-21(26)25(13-18)20-7-5-6-15(2)16(20)3/h5-11,17-18H,12-13H2,1-4H3,(H,24,27)/t17-,18+/m1/s1. The summed E-state index contributed by atoms with van der Waals surface area (Å²) in [5.74, 6) is -1.63. The van der Waals surface area contributed by atoms with Gasteiger partial charge in [-0.2, -0.15) is 0 Å². The van der Waals surface area contributed by atoms with Crippen LogP contribution in [-0.4, -0.2) is 30.4 Å². The molecule has 1 saturated heterocycles. The highest BCUT2D eigenvalue weighted by molar-refractivity contribution is 6.01. The maximum absolute atomic E-state index is 12.6. The van der Waals surface area contributed by atoms with Gasteiger partial charge in [-0.25, -0.2) is 0 Å². The molecule has 2 aromatic carbocycles. The van der Waals surface area contributed by atoms with Gasteiger partial charge in [0.2, 0.25) is 5.91 Å². The Hall–Kier alpha value is -3.15. The van der Waals surface area contributed by atoms with Crippen molar-refractivity contribution in [3.8, 4) is 0 Å². The van der Waals surface area contributed by atoms with E-state index in [4.69, 9.17) is 4.74 Å². The molecule has 0 aromatic heterocycles. The molecule has 1 N–H and O–H groups in total. The van der Waals surface area contributed by atoms with Crippen molar-refractivity contribution in [1.82, 2.24) is 0 Å². The highest BCUT2D eigenvalue weighted by Crippen LogP contribution is 2.30. The molecule has 2 atom stereocenters. The number of ether oxygens (including phenoxy) is 1. The number of carbonyl (C=O) groups excluding carboxylic acids is 3. The molecule has 1 fully saturated rings. The Bertz CT molecular complexity index is 936. The zero-order valence-corrected chi connectivity index (χ0v) is 17.2. The number of hydrogen-bond donors (Lipinski definition) is 1. The number of carbonyl (C=O) groups is 3. The summed E-state index contributed by atoms with van der Waals surface area (Å²) in [6.45, 7) is 7.69. The van der Waals surface area contributed by atoms with Crippen LogP contribution >= 0.6 is 0 Å². The van der Waals surface area contributed by atoms with Crippen LogP contribution in [0.5, 0.6) is 0 Å². The normalized spacial score (nSPS) is 17.2. The molecular weight excluding hydrogens is 368 g/mol. The molecule has 3 rings (SSSR count). The smallest absolute Gasteiger partial charge is 0.312 e. The summed E-state index contributed by atoms with van der Waals surface area (Å²) in [4.78, 5) is 39.0. The van der Waals surface area contributed by atoms with Crippen LogP contribution in [-0.2, 0) is 19.1 Å². The first-order chi connectivity index (χ1) is 13.8. The molecule has 29 heavy (non-hydrogen) atoms. The molecular formula is C23H26N2O4. The van der Waals surface area contributed by atoms with Crippen LogP contribution in [0.3, 0.4) is 0 Å². The monoisotopic (exact) mass is 394 g/mol. The maximum atomic E-state index is 12.6. The van der Waals surface area contributed by atoms with Crippen molar-refractivity contribution in [3.05, 3.63) is 59.2 Å². The van der Waals surface area contributed by atoms with Crippen molar-refractivity contribution in [2.75, 3.05) is 16.8 Å². The lowest BCUT2D eigenvalue weighted by molar-refractivity contribution is -0.157. The van der Waals surface area contributed by atoms with Gasteiger partial charge in [0.15, 0.2) is 6.10 Å². The van der Waals surface area contributed by atoms with Crippen molar-refractivity contribution in [1.29, 1.82) is 0 Å². The zero-order chi connectivity index (χ0) is 21.1.